The van der Waals surface area contributed by atoms with Crippen LogP contribution < -0.4 is 0 Å². The van der Waals surface area contributed by atoms with Gasteiger partial charge in [-0.25, -0.2) is 4.79 Å². The molecule has 0 spiro atoms. The second-order valence-corrected chi connectivity index (χ2v) is 7.76. The number of hydrogen-bond acceptors (Lipinski definition) is 5. The van der Waals surface area contributed by atoms with Gasteiger partial charge in [0.05, 0.1) is 33.9 Å². The fourth-order valence-corrected chi connectivity index (χ4v) is 3.96. The quantitative estimate of drug-likeness (QED) is 0.511. The highest BCUT2D eigenvalue weighted by Crippen LogP contribution is 2.21. The van der Waals surface area contributed by atoms with Crippen LogP contribution in [0.3, 0.4) is 0 Å². The van der Waals surface area contributed by atoms with Crippen LogP contribution in [0, 0.1) is 13.8 Å². The van der Waals surface area contributed by atoms with Crippen LogP contribution in [0.15, 0.2) is 35.2 Å². The first-order valence-electron chi connectivity index (χ1n) is 8.58. The van der Waals surface area contributed by atoms with E-state index in [9.17, 15) is 13.8 Å². The van der Waals surface area contributed by atoms with Crippen LogP contribution in [-0.2, 0) is 20.3 Å². The lowest BCUT2D eigenvalue weighted by molar-refractivity contribution is 0.0471. The summed E-state index contributed by atoms with van der Waals surface area (Å²) >= 11 is 0. The minimum absolute atomic E-state index is 0.0884. The van der Waals surface area contributed by atoms with E-state index in [4.69, 9.17) is 9.47 Å². The number of esters is 1. The molecular weight excluding hydrogens is 366 g/mol. The summed E-state index contributed by atoms with van der Waals surface area (Å²) in [5, 5.41) is 0. The van der Waals surface area contributed by atoms with Crippen LogP contribution in [0.5, 0.6) is 0 Å². The minimum atomic E-state index is -1.32. The van der Waals surface area contributed by atoms with Crippen LogP contribution in [0.4, 0.5) is 0 Å². The molecule has 1 aromatic carbocycles. The maximum atomic E-state index is 12.6. The smallest absolute Gasteiger partial charge is 0.339 e. The summed E-state index contributed by atoms with van der Waals surface area (Å²) in [4.78, 5) is 25.3. The van der Waals surface area contributed by atoms with E-state index in [-0.39, 0.29) is 24.0 Å². The van der Waals surface area contributed by atoms with Gasteiger partial charge in [-0.15, -0.1) is 0 Å². The van der Waals surface area contributed by atoms with Crippen LogP contribution in [0.2, 0.25) is 0 Å². The molecule has 2 aromatic rings. The van der Waals surface area contributed by atoms with Gasteiger partial charge in [-0.05, 0) is 39.0 Å². The van der Waals surface area contributed by atoms with Crippen molar-refractivity contribution in [2.75, 3.05) is 26.6 Å². The number of ketones is 1. The molecule has 7 heteroatoms. The average Bonchev–Trinajstić information content (AvgIpc) is 2.94. The lowest BCUT2D eigenvalue weighted by atomic mass is 10.1. The van der Waals surface area contributed by atoms with E-state index in [2.05, 4.69) is 0 Å². The lowest BCUT2D eigenvalue weighted by Gasteiger charge is -2.17. The highest BCUT2D eigenvalue weighted by molar-refractivity contribution is 7.84. The molecule has 146 valence electrons. The van der Waals surface area contributed by atoms with Gasteiger partial charge >= 0.3 is 5.97 Å². The molecule has 2 rings (SSSR count). The third kappa shape index (κ3) is 4.73. The molecule has 6 nitrogen and oxygen atoms in total. The topological polar surface area (TPSA) is 74.6 Å². The van der Waals surface area contributed by atoms with Crippen LogP contribution in [0.25, 0.3) is 0 Å². The highest BCUT2D eigenvalue weighted by Gasteiger charge is 2.21. The summed E-state index contributed by atoms with van der Waals surface area (Å²) in [6.07, 6.45) is 1.49. The van der Waals surface area contributed by atoms with Gasteiger partial charge in [0.2, 0.25) is 5.78 Å². The fraction of sp³-hybridized carbons (Fsp3) is 0.400. The Bertz CT molecular complexity index is 871. The van der Waals surface area contributed by atoms with Crippen molar-refractivity contribution in [3.05, 3.63) is 52.8 Å². The maximum absolute atomic E-state index is 12.6. The Morgan fingerprint density at radius 2 is 1.85 bits per heavy atom. The third-order valence-corrected chi connectivity index (χ3v) is 5.36. The molecule has 0 aliphatic carbocycles. The summed E-state index contributed by atoms with van der Waals surface area (Å²) in [7, 11) is 0.313. The number of methoxy groups -OCH3 is 1. The molecule has 2 atom stereocenters. The Balaban J connectivity index is 2.14. The average molecular weight is 391 g/mol. The number of aryl methyl sites for hydroxylation is 1. The minimum Gasteiger partial charge on any atom is -0.454 e. The number of ether oxygens (including phenoxy) is 2. The van der Waals surface area contributed by atoms with E-state index >= 15 is 0 Å². The van der Waals surface area contributed by atoms with Gasteiger partial charge < -0.3 is 14.0 Å². The molecule has 27 heavy (non-hydrogen) atoms. The number of rotatable bonds is 8. The number of Topliss-reactive ketones (excluding diaryl/α,β-unsaturated/α-hetero) is 1. The zero-order valence-electron chi connectivity index (χ0n) is 16.3. The second kappa shape index (κ2) is 9.10. The predicted molar refractivity (Wildman–Crippen MR) is 104 cm³/mol. The number of nitrogens with zero attached hydrogens (tertiary/aromatic N) is 1. The summed E-state index contributed by atoms with van der Waals surface area (Å²) in [6.45, 7) is 5.97. The van der Waals surface area contributed by atoms with Gasteiger partial charge in [0.1, 0.15) is 0 Å². The van der Waals surface area contributed by atoms with E-state index in [0.717, 1.165) is 11.4 Å². The molecule has 0 saturated heterocycles. The Labute approximate surface area is 161 Å². The number of hydrogen-bond donors (Lipinski definition) is 0. The van der Waals surface area contributed by atoms with Crippen molar-refractivity contribution in [3.63, 3.8) is 0 Å². The van der Waals surface area contributed by atoms with E-state index in [1.807, 2.05) is 25.3 Å². The monoisotopic (exact) mass is 391 g/mol. The summed E-state index contributed by atoms with van der Waals surface area (Å²) in [5.74, 6) is -0.932. The predicted octanol–water partition coefficient (Wildman–Crippen LogP) is 3.09. The van der Waals surface area contributed by atoms with E-state index in [0.29, 0.717) is 17.1 Å². The Morgan fingerprint density at radius 3 is 2.48 bits per heavy atom. The standard InChI is InChI=1S/C20H25NO5S/c1-13-10-17(15(3)21(13)14(2)11-25-4)18(22)12-26-20(23)16-8-6-7-9-19(16)27(5)24/h6-10,14H,11-12H2,1-5H3/t14-,27+/m1/s1. The van der Waals surface area contributed by atoms with Crippen molar-refractivity contribution in [2.24, 2.45) is 0 Å². The first-order valence-corrected chi connectivity index (χ1v) is 10.1. The normalized spacial score (nSPS) is 13.2. The summed E-state index contributed by atoms with van der Waals surface area (Å²) in [5.41, 5.74) is 2.49. The highest BCUT2D eigenvalue weighted by atomic mass is 32.2. The van der Waals surface area contributed by atoms with Crippen LogP contribution in [0.1, 0.15) is 45.1 Å². The zero-order chi connectivity index (χ0) is 20.1. The molecule has 0 saturated carbocycles. The third-order valence-electron chi connectivity index (χ3n) is 4.38. The fourth-order valence-electron chi connectivity index (χ4n) is 3.23. The summed E-state index contributed by atoms with van der Waals surface area (Å²) < 4.78 is 24.2. The van der Waals surface area contributed by atoms with Gasteiger partial charge in [-0.2, -0.15) is 0 Å². The lowest BCUT2D eigenvalue weighted by Crippen LogP contribution is -2.17. The van der Waals surface area contributed by atoms with Gasteiger partial charge in [0.25, 0.3) is 0 Å². The molecular formula is C20H25NO5S. The van der Waals surface area contributed by atoms with Crippen molar-refractivity contribution in [1.82, 2.24) is 4.57 Å². The Hall–Kier alpha value is -2.25. The number of aromatic nitrogens is 1. The van der Waals surface area contributed by atoms with Crippen molar-refractivity contribution in [2.45, 2.75) is 31.7 Å². The van der Waals surface area contributed by atoms with Gasteiger partial charge in [0.15, 0.2) is 6.61 Å². The van der Waals surface area contributed by atoms with Crippen molar-refractivity contribution < 1.29 is 23.3 Å². The Kier molecular flexibility index (Phi) is 7.10. The van der Waals surface area contributed by atoms with Crippen molar-refractivity contribution >= 4 is 22.6 Å². The van der Waals surface area contributed by atoms with Gasteiger partial charge in [-0.3, -0.25) is 9.00 Å². The molecule has 1 heterocycles. The molecule has 0 amide bonds. The number of carbonyl (C=O) groups is 2. The largest absolute Gasteiger partial charge is 0.454 e. The first kappa shape index (κ1) is 21.1. The van der Waals surface area contributed by atoms with Gasteiger partial charge in [0, 0.05) is 30.3 Å². The van der Waals surface area contributed by atoms with E-state index in [1.165, 1.54) is 6.26 Å². The Morgan fingerprint density at radius 1 is 1.19 bits per heavy atom. The molecule has 0 fully saturated rings. The molecule has 0 aliphatic rings. The molecule has 0 bridgehead atoms. The van der Waals surface area contributed by atoms with Crippen LogP contribution >= 0.6 is 0 Å². The van der Waals surface area contributed by atoms with Crippen molar-refractivity contribution in [3.8, 4) is 0 Å². The zero-order valence-corrected chi connectivity index (χ0v) is 17.1. The number of carbonyl (C=O) groups excluding carboxylic acids is 2. The maximum Gasteiger partial charge on any atom is 0.339 e. The van der Waals surface area contributed by atoms with Crippen molar-refractivity contribution in [1.29, 1.82) is 0 Å². The summed E-state index contributed by atoms with van der Waals surface area (Å²) in [6, 6.07) is 8.41. The molecule has 0 aliphatic heterocycles. The van der Waals surface area contributed by atoms with E-state index in [1.54, 1.807) is 37.4 Å². The molecule has 1 aromatic heterocycles. The van der Waals surface area contributed by atoms with Crippen LogP contribution in [-0.4, -0.2) is 47.1 Å². The number of benzene rings is 1. The molecule has 0 N–H and O–H groups in total. The van der Waals surface area contributed by atoms with Gasteiger partial charge in [-0.1, -0.05) is 12.1 Å². The molecule has 0 unspecified atom stereocenters. The second-order valence-electron chi connectivity index (χ2n) is 6.41. The molecule has 0 radical (unpaired) electrons. The van der Waals surface area contributed by atoms with E-state index < -0.39 is 16.8 Å². The first-order chi connectivity index (χ1) is 12.8. The SMILES string of the molecule is COC[C@@H](C)n1c(C)cc(C(=O)COC(=O)c2ccccc2[S@](C)=O)c1C.